The van der Waals surface area contributed by atoms with Crippen molar-refractivity contribution in [1.29, 1.82) is 0 Å². The van der Waals surface area contributed by atoms with Crippen LogP contribution in [-0.4, -0.2) is 32.3 Å². The third-order valence-electron chi connectivity index (χ3n) is 3.68. The Kier molecular flexibility index (Phi) is 5.92. The molecule has 0 atom stereocenters. The number of nitrogens with two attached hydrogens (primary N) is 1. The molecule has 0 bridgehead atoms. The molecule has 0 unspecified atom stereocenters. The maximum absolute atomic E-state index is 12.0. The van der Waals surface area contributed by atoms with Crippen molar-refractivity contribution in [3.8, 4) is 11.4 Å². The molecule has 0 radical (unpaired) electrons. The Hall–Kier alpha value is -3.07. The van der Waals surface area contributed by atoms with Crippen molar-refractivity contribution in [3.63, 3.8) is 0 Å². The van der Waals surface area contributed by atoms with Crippen LogP contribution in [0, 0.1) is 6.92 Å². The molecule has 2 aromatic heterocycles. The number of aromatic nitrogens is 3. The van der Waals surface area contributed by atoms with E-state index in [-0.39, 0.29) is 18.2 Å². The number of aryl methyl sites for hydroxylation is 1. The monoisotopic (exact) mass is 385 g/mol. The zero-order valence-corrected chi connectivity index (χ0v) is 15.5. The fraction of sp³-hybridized carbons (Fsp3) is 0.222. The third-order valence-corrected chi connectivity index (χ3v) is 4.65. The molecular weight excluding hydrogens is 366 g/mol. The first-order chi connectivity index (χ1) is 13.0. The predicted molar refractivity (Wildman–Crippen MR) is 101 cm³/mol. The van der Waals surface area contributed by atoms with E-state index >= 15 is 0 Å². The van der Waals surface area contributed by atoms with Gasteiger partial charge in [0.1, 0.15) is 12.3 Å². The molecule has 0 aliphatic carbocycles. The summed E-state index contributed by atoms with van der Waals surface area (Å²) in [6.07, 6.45) is 1.55. The summed E-state index contributed by atoms with van der Waals surface area (Å²) in [5.41, 5.74) is 7.27. The number of furan rings is 1. The van der Waals surface area contributed by atoms with Crippen molar-refractivity contribution >= 4 is 23.6 Å². The number of amides is 2. The molecule has 140 valence electrons. The van der Waals surface area contributed by atoms with Gasteiger partial charge in [-0.25, -0.2) is 0 Å². The SMILES string of the molecule is Cc1cccc(-c2nnc(SCC(=O)NCc3ccco3)n2CC(N)=O)c1. The highest BCUT2D eigenvalue weighted by molar-refractivity contribution is 7.99. The maximum atomic E-state index is 12.0. The van der Waals surface area contributed by atoms with Gasteiger partial charge in [0.15, 0.2) is 11.0 Å². The van der Waals surface area contributed by atoms with E-state index in [0.717, 1.165) is 11.1 Å². The van der Waals surface area contributed by atoms with E-state index in [4.69, 9.17) is 10.2 Å². The Bertz CT molecular complexity index is 936. The number of nitrogens with one attached hydrogen (secondary N) is 1. The van der Waals surface area contributed by atoms with Crippen molar-refractivity contribution in [3.05, 3.63) is 54.0 Å². The maximum Gasteiger partial charge on any atom is 0.237 e. The highest BCUT2D eigenvalue weighted by Crippen LogP contribution is 2.24. The van der Waals surface area contributed by atoms with Gasteiger partial charge < -0.3 is 15.5 Å². The van der Waals surface area contributed by atoms with E-state index in [1.165, 1.54) is 11.8 Å². The minimum atomic E-state index is -0.507. The Balaban J connectivity index is 1.71. The smallest absolute Gasteiger partial charge is 0.237 e. The molecule has 0 saturated carbocycles. The Morgan fingerprint density at radius 3 is 2.81 bits per heavy atom. The fourth-order valence-corrected chi connectivity index (χ4v) is 3.24. The van der Waals surface area contributed by atoms with Crippen molar-refractivity contribution in [2.75, 3.05) is 5.75 Å². The quantitative estimate of drug-likeness (QED) is 0.571. The molecule has 0 fully saturated rings. The molecule has 2 amide bonds. The lowest BCUT2D eigenvalue weighted by atomic mass is 10.1. The minimum absolute atomic E-state index is 0.0629. The standard InChI is InChI=1S/C18H19N5O3S/c1-12-4-2-5-13(8-12)17-21-22-18(23(17)10-15(19)24)27-11-16(25)20-9-14-6-3-7-26-14/h2-8H,9-11H2,1H3,(H2,19,24)(H,20,25). The average molecular weight is 385 g/mol. The van der Waals surface area contributed by atoms with Gasteiger partial charge in [-0.05, 0) is 25.1 Å². The van der Waals surface area contributed by atoms with Crippen LogP contribution in [0.1, 0.15) is 11.3 Å². The molecular formula is C18H19N5O3S. The van der Waals surface area contributed by atoms with Crippen molar-refractivity contribution < 1.29 is 14.0 Å². The number of hydrogen-bond acceptors (Lipinski definition) is 6. The van der Waals surface area contributed by atoms with Crippen LogP contribution < -0.4 is 11.1 Å². The van der Waals surface area contributed by atoms with Crippen molar-refractivity contribution in [2.24, 2.45) is 5.73 Å². The number of primary amides is 1. The Morgan fingerprint density at radius 1 is 1.26 bits per heavy atom. The summed E-state index contributed by atoms with van der Waals surface area (Å²) in [6.45, 7) is 2.22. The van der Waals surface area contributed by atoms with Gasteiger partial charge in [-0.2, -0.15) is 0 Å². The zero-order chi connectivity index (χ0) is 19.2. The van der Waals surface area contributed by atoms with E-state index in [9.17, 15) is 9.59 Å². The minimum Gasteiger partial charge on any atom is -0.467 e. The van der Waals surface area contributed by atoms with E-state index < -0.39 is 5.91 Å². The first kappa shape index (κ1) is 18.7. The largest absolute Gasteiger partial charge is 0.467 e. The van der Waals surface area contributed by atoms with E-state index in [1.807, 2.05) is 31.2 Å². The van der Waals surface area contributed by atoms with Crippen LogP contribution in [0.2, 0.25) is 0 Å². The summed E-state index contributed by atoms with van der Waals surface area (Å²) in [7, 11) is 0. The van der Waals surface area contributed by atoms with Gasteiger partial charge in [0.2, 0.25) is 11.8 Å². The van der Waals surface area contributed by atoms with E-state index in [1.54, 1.807) is 23.0 Å². The number of hydrogen-bond donors (Lipinski definition) is 2. The van der Waals surface area contributed by atoms with Gasteiger partial charge in [0, 0.05) is 5.56 Å². The first-order valence-corrected chi connectivity index (χ1v) is 9.22. The van der Waals surface area contributed by atoms with Crippen molar-refractivity contribution in [1.82, 2.24) is 20.1 Å². The Morgan fingerprint density at radius 2 is 2.11 bits per heavy atom. The molecule has 0 aliphatic heterocycles. The summed E-state index contributed by atoms with van der Waals surface area (Å²) < 4.78 is 6.80. The van der Waals surface area contributed by atoms with Gasteiger partial charge in [-0.15, -0.1) is 10.2 Å². The van der Waals surface area contributed by atoms with E-state index in [2.05, 4.69) is 15.5 Å². The van der Waals surface area contributed by atoms with Crippen LogP contribution in [0.4, 0.5) is 0 Å². The molecule has 3 N–H and O–H groups in total. The average Bonchev–Trinajstić information content (AvgIpc) is 3.28. The number of carbonyl (C=O) groups excluding carboxylic acids is 2. The number of benzene rings is 1. The first-order valence-electron chi connectivity index (χ1n) is 8.23. The molecule has 9 heteroatoms. The molecule has 0 saturated heterocycles. The highest BCUT2D eigenvalue weighted by Gasteiger charge is 2.17. The van der Waals surface area contributed by atoms with Gasteiger partial charge >= 0.3 is 0 Å². The summed E-state index contributed by atoms with van der Waals surface area (Å²) in [5, 5.41) is 11.5. The van der Waals surface area contributed by atoms with Crippen LogP contribution in [-0.2, 0) is 22.7 Å². The second kappa shape index (κ2) is 8.54. The van der Waals surface area contributed by atoms with Crippen LogP contribution in [0.3, 0.4) is 0 Å². The lowest BCUT2D eigenvalue weighted by molar-refractivity contribution is -0.119. The van der Waals surface area contributed by atoms with Gasteiger partial charge in [-0.1, -0.05) is 35.5 Å². The molecule has 2 heterocycles. The number of rotatable bonds is 8. The van der Waals surface area contributed by atoms with Crippen LogP contribution in [0.5, 0.6) is 0 Å². The summed E-state index contributed by atoms with van der Waals surface area (Å²) in [6, 6.07) is 11.3. The number of nitrogens with zero attached hydrogens (tertiary/aromatic N) is 3. The van der Waals surface area contributed by atoms with Crippen LogP contribution in [0.15, 0.2) is 52.2 Å². The third kappa shape index (κ3) is 4.98. The summed E-state index contributed by atoms with van der Waals surface area (Å²) in [5.74, 6) is 0.656. The topological polar surface area (TPSA) is 116 Å². The Labute approximate surface area is 160 Å². The molecule has 0 spiro atoms. The molecule has 1 aromatic carbocycles. The van der Waals surface area contributed by atoms with Crippen molar-refractivity contribution in [2.45, 2.75) is 25.2 Å². The summed E-state index contributed by atoms with van der Waals surface area (Å²) >= 11 is 1.19. The molecule has 8 nitrogen and oxygen atoms in total. The second-order valence-corrected chi connectivity index (χ2v) is 6.82. The fourth-order valence-electron chi connectivity index (χ4n) is 2.47. The normalized spacial score (nSPS) is 10.7. The molecule has 27 heavy (non-hydrogen) atoms. The zero-order valence-electron chi connectivity index (χ0n) is 14.7. The predicted octanol–water partition coefficient (Wildman–Crippen LogP) is 1.74. The van der Waals surface area contributed by atoms with Gasteiger partial charge in [0.05, 0.1) is 18.6 Å². The van der Waals surface area contributed by atoms with Crippen LogP contribution in [0.25, 0.3) is 11.4 Å². The molecule has 0 aliphatic rings. The molecule has 3 rings (SSSR count). The van der Waals surface area contributed by atoms with Gasteiger partial charge in [0.25, 0.3) is 0 Å². The lowest BCUT2D eigenvalue weighted by Crippen LogP contribution is -2.25. The number of carbonyl (C=O) groups is 2. The summed E-state index contributed by atoms with van der Waals surface area (Å²) in [4.78, 5) is 23.5. The lowest BCUT2D eigenvalue weighted by Gasteiger charge is -2.08. The van der Waals surface area contributed by atoms with Gasteiger partial charge in [-0.3, -0.25) is 14.2 Å². The van der Waals surface area contributed by atoms with E-state index in [0.29, 0.717) is 23.3 Å². The highest BCUT2D eigenvalue weighted by atomic mass is 32.2. The molecule has 3 aromatic rings. The second-order valence-electron chi connectivity index (χ2n) is 5.87. The number of thioether (sulfide) groups is 1. The van der Waals surface area contributed by atoms with Crippen LogP contribution >= 0.6 is 11.8 Å².